The molecule has 0 fully saturated rings. The first kappa shape index (κ1) is 12.7. The summed E-state index contributed by atoms with van der Waals surface area (Å²) in [5, 5.41) is 7.22. The minimum Gasteiger partial charge on any atom is -0.344 e. The molecule has 1 aliphatic rings. The highest BCUT2D eigenvalue weighted by Crippen LogP contribution is 2.29. The van der Waals surface area contributed by atoms with Gasteiger partial charge in [-0.3, -0.25) is 14.3 Å². The van der Waals surface area contributed by atoms with Gasteiger partial charge in [0.05, 0.1) is 12.2 Å². The van der Waals surface area contributed by atoms with E-state index in [2.05, 4.69) is 15.4 Å². The van der Waals surface area contributed by atoms with Gasteiger partial charge in [-0.2, -0.15) is 5.10 Å². The Morgan fingerprint density at radius 1 is 1.50 bits per heavy atom. The Kier molecular flexibility index (Phi) is 3.14. The predicted octanol–water partition coefficient (Wildman–Crippen LogP) is 0.916. The normalized spacial score (nSPS) is 17.6. The van der Waals surface area contributed by atoms with E-state index in [-0.39, 0.29) is 23.2 Å². The first-order chi connectivity index (χ1) is 9.65. The molecule has 2 N–H and O–H groups in total. The summed E-state index contributed by atoms with van der Waals surface area (Å²) >= 11 is 0. The quantitative estimate of drug-likeness (QED) is 0.853. The topological polar surface area (TPSA) is 79.8 Å². The second-order valence-electron chi connectivity index (χ2n) is 5.02. The maximum Gasteiger partial charge on any atom is 0.268 e. The molecule has 0 saturated heterocycles. The van der Waals surface area contributed by atoms with Crippen LogP contribution in [0.15, 0.2) is 29.2 Å². The van der Waals surface area contributed by atoms with Crippen molar-refractivity contribution < 1.29 is 4.79 Å². The summed E-state index contributed by atoms with van der Waals surface area (Å²) in [6, 6.07) is 4.52. The molecule has 1 amide bonds. The number of carbonyl (C=O) groups is 1. The standard InChI is InChI=1S/C14H16N4O2/c1-18-12-6-2-4-10(9(12)8-15-18)17-14(20)11-5-3-7-13(19)16-11/h3,5,7-8,10H,2,4,6H2,1H3,(H,16,19)(H,17,20). The molecule has 0 bridgehead atoms. The van der Waals surface area contributed by atoms with E-state index in [9.17, 15) is 9.59 Å². The molecule has 0 radical (unpaired) electrons. The van der Waals surface area contributed by atoms with Gasteiger partial charge < -0.3 is 10.3 Å². The maximum atomic E-state index is 12.2. The van der Waals surface area contributed by atoms with Gasteiger partial charge in [0, 0.05) is 24.4 Å². The lowest BCUT2D eigenvalue weighted by Gasteiger charge is -2.23. The van der Waals surface area contributed by atoms with Crippen LogP contribution < -0.4 is 10.9 Å². The van der Waals surface area contributed by atoms with Crippen molar-refractivity contribution in [2.75, 3.05) is 0 Å². The minimum absolute atomic E-state index is 0.0383. The first-order valence-corrected chi connectivity index (χ1v) is 6.66. The number of rotatable bonds is 2. The molecule has 1 aliphatic carbocycles. The second-order valence-corrected chi connectivity index (χ2v) is 5.02. The predicted molar refractivity (Wildman–Crippen MR) is 73.4 cm³/mol. The summed E-state index contributed by atoms with van der Waals surface area (Å²) in [6.45, 7) is 0. The van der Waals surface area contributed by atoms with Crippen molar-refractivity contribution in [2.45, 2.75) is 25.3 Å². The summed E-state index contributed by atoms with van der Waals surface area (Å²) in [5.41, 5.74) is 2.25. The van der Waals surface area contributed by atoms with Crippen LogP contribution in [0.4, 0.5) is 0 Å². The summed E-state index contributed by atoms with van der Waals surface area (Å²) in [5.74, 6) is -0.260. The third-order valence-corrected chi connectivity index (χ3v) is 3.69. The number of pyridine rings is 1. The van der Waals surface area contributed by atoms with E-state index >= 15 is 0 Å². The van der Waals surface area contributed by atoms with Gasteiger partial charge in [0.1, 0.15) is 5.69 Å². The molecular formula is C14H16N4O2. The van der Waals surface area contributed by atoms with Gasteiger partial charge in [-0.25, -0.2) is 0 Å². The Morgan fingerprint density at radius 3 is 3.15 bits per heavy atom. The van der Waals surface area contributed by atoms with Gasteiger partial charge >= 0.3 is 0 Å². The monoisotopic (exact) mass is 272 g/mol. The number of hydrogen-bond donors (Lipinski definition) is 2. The molecule has 104 valence electrons. The molecule has 20 heavy (non-hydrogen) atoms. The van der Waals surface area contributed by atoms with E-state index in [1.807, 2.05) is 17.9 Å². The highest BCUT2D eigenvalue weighted by Gasteiger charge is 2.25. The summed E-state index contributed by atoms with van der Waals surface area (Å²) in [7, 11) is 1.91. The van der Waals surface area contributed by atoms with Crippen molar-refractivity contribution in [3.63, 3.8) is 0 Å². The number of carbonyl (C=O) groups excluding carboxylic acids is 1. The lowest BCUT2D eigenvalue weighted by molar-refractivity contribution is 0.0927. The van der Waals surface area contributed by atoms with Gasteiger partial charge in [0.25, 0.3) is 5.91 Å². The van der Waals surface area contributed by atoms with E-state index in [1.54, 1.807) is 12.1 Å². The third-order valence-electron chi connectivity index (χ3n) is 3.69. The van der Waals surface area contributed by atoms with Crippen molar-refractivity contribution >= 4 is 5.91 Å². The largest absolute Gasteiger partial charge is 0.344 e. The van der Waals surface area contributed by atoms with Crippen LogP contribution in [-0.4, -0.2) is 20.7 Å². The third kappa shape index (κ3) is 2.24. The number of H-pyrrole nitrogens is 1. The Morgan fingerprint density at radius 2 is 2.35 bits per heavy atom. The molecular weight excluding hydrogens is 256 g/mol. The molecule has 2 aromatic heterocycles. The zero-order valence-electron chi connectivity index (χ0n) is 11.2. The number of amides is 1. The van der Waals surface area contributed by atoms with Gasteiger partial charge in [0.15, 0.2) is 0 Å². The number of nitrogens with zero attached hydrogens (tertiary/aromatic N) is 2. The number of fused-ring (bicyclic) bond motifs is 1. The van der Waals surface area contributed by atoms with Crippen LogP contribution in [0.5, 0.6) is 0 Å². The molecule has 0 spiro atoms. The molecule has 6 nitrogen and oxygen atoms in total. The van der Waals surface area contributed by atoms with Crippen LogP contribution in [0.25, 0.3) is 0 Å². The summed E-state index contributed by atoms with van der Waals surface area (Å²) < 4.78 is 1.86. The Bertz CT molecular complexity index is 701. The molecule has 0 saturated carbocycles. The Balaban J connectivity index is 1.82. The van der Waals surface area contributed by atoms with Gasteiger partial charge in [-0.05, 0) is 25.3 Å². The van der Waals surface area contributed by atoms with Crippen molar-refractivity contribution in [3.8, 4) is 0 Å². The SMILES string of the molecule is Cn1ncc2c1CCCC2NC(=O)c1cccc(=O)[nH]1. The lowest BCUT2D eigenvalue weighted by atomic mass is 9.93. The average molecular weight is 272 g/mol. The van der Waals surface area contributed by atoms with Crippen LogP contribution in [-0.2, 0) is 13.5 Å². The smallest absolute Gasteiger partial charge is 0.268 e. The van der Waals surface area contributed by atoms with Crippen molar-refractivity contribution in [1.82, 2.24) is 20.1 Å². The van der Waals surface area contributed by atoms with E-state index in [0.717, 1.165) is 24.8 Å². The molecule has 3 rings (SSSR count). The Labute approximate surface area is 115 Å². The van der Waals surface area contributed by atoms with Gasteiger partial charge in [-0.15, -0.1) is 0 Å². The molecule has 1 atom stereocenters. The lowest BCUT2D eigenvalue weighted by Crippen LogP contribution is -2.32. The van der Waals surface area contributed by atoms with Crippen molar-refractivity contribution in [1.29, 1.82) is 0 Å². The number of aromatic nitrogens is 3. The van der Waals surface area contributed by atoms with Crippen molar-refractivity contribution in [3.05, 3.63) is 51.7 Å². The van der Waals surface area contributed by atoms with Crippen LogP contribution in [0.1, 0.15) is 40.6 Å². The molecule has 2 aromatic rings. The fourth-order valence-electron chi connectivity index (χ4n) is 2.67. The fourth-order valence-corrected chi connectivity index (χ4v) is 2.67. The number of hydrogen-bond acceptors (Lipinski definition) is 3. The highest BCUT2D eigenvalue weighted by molar-refractivity contribution is 5.92. The molecule has 0 aliphatic heterocycles. The number of aryl methyl sites for hydroxylation is 1. The summed E-state index contributed by atoms with van der Waals surface area (Å²) in [4.78, 5) is 26.0. The Hall–Kier alpha value is -2.37. The highest BCUT2D eigenvalue weighted by atomic mass is 16.2. The van der Waals surface area contributed by atoms with Gasteiger partial charge in [0.2, 0.25) is 5.56 Å². The second kappa shape index (κ2) is 4.96. The van der Waals surface area contributed by atoms with E-state index < -0.39 is 0 Å². The van der Waals surface area contributed by atoms with E-state index in [4.69, 9.17) is 0 Å². The maximum absolute atomic E-state index is 12.2. The zero-order chi connectivity index (χ0) is 14.1. The number of nitrogens with one attached hydrogen (secondary N) is 2. The molecule has 2 heterocycles. The number of aromatic amines is 1. The first-order valence-electron chi connectivity index (χ1n) is 6.66. The minimum atomic E-state index is -0.275. The molecule has 0 aromatic carbocycles. The average Bonchev–Trinajstić information content (AvgIpc) is 2.82. The van der Waals surface area contributed by atoms with Crippen LogP contribution in [0, 0.1) is 0 Å². The summed E-state index contributed by atoms with van der Waals surface area (Å²) in [6.07, 6.45) is 4.71. The van der Waals surface area contributed by atoms with E-state index in [0.29, 0.717) is 0 Å². The van der Waals surface area contributed by atoms with E-state index in [1.165, 1.54) is 11.8 Å². The van der Waals surface area contributed by atoms with Crippen LogP contribution in [0.3, 0.4) is 0 Å². The van der Waals surface area contributed by atoms with Crippen LogP contribution in [0.2, 0.25) is 0 Å². The van der Waals surface area contributed by atoms with Crippen molar-refractivity contribution in [2.24, 2.45) is 7.05 Å². The van der Waals surface area contributed by atoms with Crippen LogP contribution >= 0.6 is 0 Å². The van der Waals surface area contributed by atoms with Gasteiger partial charge in [-0.1, -0.05) is 6.07 Å². The zero-order valence-corrected chi connectivity index (χ0v) is 11.2. The molecule has 1 unspecified atom stereocenters. The fraction of sp³-hybridized carbons (Fsp3) is 0.357. The molecule has 6 heteroatoms.